The van der Waals surface area contributed by atoms with Gasteiger partial charge in [0.1, 0.15) is 11.6 Å². The number of fused-ring (bicyclic) bond motifs is 1. The Bertz CT molecular complexity index is 1090. The minimum Gasteiger partial charge on any atom is -0.484 e. The summed E-state index contributed by atoms with van der Waals surface area (Å²) in [7, 11) is 0. The molecule has 1 aliphatic heterocycles. The van der Waals surface area contributed by atoms with E-state index in [4.69, 9.17) is 4.74 Å². The SMILES string of the molecule is CC1CCCC(C)N1C(=O)COc1ccc(C(=O)Nc2nc3ccc(F)cc3s2)cc1. The van der Waals surface area contributed by atoms with Crippen LogP contribution >= 0.6 is 11.3 Å². The van der Waals surface area contributed by atoms with E-state index in [0.717, 1.165) is 19.3 Å². The molecule has 1 aliphatic rings. The lowest BCUT2D eigenvalue weighted by Gasteiger charge is -2.38. The molecule has 0 aliphatic carbocycles. The van der Waals surface area contributed by atoms with Gasteiger partial charge in [-0.05, 0) is 75.6 Å². The Hall–Kier alpha value is -3.00. The Morgan fingerprint density at radius 3 is 2.58 bits per heavy atom. The average molecular weight is 442 g/mol. The maximum atomic E-state index is 13.3. The summed E-state index contributed by atoms with van der Waals surface area (Å²) in [4.78, 5) is 31.3. The molecule has 3 aromatic rings. The van der Waals surface area contributed by atoms with E-state index in [0.29, 0.717) is 26.7 Å². The molecule has 1 fully saturated rings. The van der Waals surface area contributed by atoms with E-state index in [9.17, 15) is 14.0 Å². The van der Waals surface area contributed by atoms with Crippen LogP contribution < -0.4 is 10.1 Å². The Morgan fingerprint density at radius 1 is 1.16 bits per heavy atom. The smallest absolute Gasteiger partial charge is 0.260 e. The van der Waals surface area contributed by atoms with Crippen LogP contribution in [-0.4, -0.2) is 40.4 Å². The maximum Gasteiger partial charge on any atom is 0.260 e. The van der Waals surface area contributed by atoms with Gasteiger partial charge in [-0.25, -0.2) is 9.37 Å². The second-order valence-corrected chi connectivity index (χ2v) is 8.86. The molecule has 2 aromatic carbocycles. The van der Waals surface area contributed by atoms with E-state index in [2.05, 4.69) is 24.1 Å². The number of carbonyl (C=O) groups excluding carboxylic acids is 2. The quantitative estimate of drug-likeness (QED) is 0.614. The first-order valence-corrected chi connectivity index (χ1v) is 11.1. The number of ether oxygens (including phenoxy) is 1. The summed E-state index contributed by atoms with van der Waals surface area (Å²) in [5, 5.41) is 3.14. The number of hydrogen-bond donors (Lipinski definition) is 1. The molecule has 31 heavy (non-hydrogen) atoms. The third-order valence-electron chi connectivity index (χ3n) is 5.53. The Labute approximate surface area is 184 Å². The van der Waals surface area contributed by atoms with Crippen molar-refractivity contribution in [2.24, 2.45) is 0 Å². The molecule has 6 nitrogen and oxygen atoms in total. The Balaban J connectivity index is 1.35. The fourth-order valence-electron chi connectivity index (χ4n) is 3.96. The summed E-state index contributed by atoms with van der Waals surface area (Å²) < 4.78 is 19.6. The highest BCUT2D eigenvalue weighted by molar-refractivity contribution is 7.22. The summed E-state index contributed by atoms with van der Waals surface area (Å²) in [6.45, 7) is 4.12. The van der Waals surface area contributed by atoms with Gasteiger partial charge < -0.3 is 9.64 Å². The van der Waals surface area contributed by atoms with E-state index >= 15 is 0 Å². The van der Waals surface area contributed by atoms with Gasteiger partial charge >= 0.3 is 0 Å². The number of rotatable bonds is 5. The molecule has 0 radical (unpaired) electrons. The van der Waals surface area contributed by atoms with Gasteiger partial charge in [0, 0.05) is 17.6 Å². The number of hydrogen-bond acceptors (Lipinski definition) is 5. The normalized spacial score (nSPS) is 18.7. The third kappa shape index (κ3) is 4.85. The van der Waals surface area contributed by atoms with Crippen LogP contribution in [0.4, 0.5) is 9.52 Å². The van der Waals surface area contributed by atoms with Crippen LogP contribution in [0, 0.1) is 5.82 Å². The zero-order chi connectivity index (χ0) is 22.0. The summed E-state index contributed by atoms with van der Waals surface area (Å²) in [6, 6.07) is 11.4. The highest BCUT2D eigenvalue weighted by Crippen LogP contribution is 2.27. The van der Waals surface area contributed by atoms with Gasteiger partial charge in [-0.3, -0.25) is 14.9 Å². The van der Waals surface area contributed by atoms with Crippen LogP contribution in [0.2, 0.25) is 0 Å². The van der Waals surface area contributed by atoms with Gasteiger partial charge in [0.2, 0.25) is 0 Å². The number of nitrogens with zero attached hydrogens (tertiary/aromatic N) is 2. The van der Waals surface area contributed by atoms with Gasteiger partial charge in [0.25, 0.3) is 11.8 Å². The second kappa shape index (κ2) is 9.01. The first-order valence-electron chi connectivity index (χ1n) is 10.3. The summed E-state index contributed by atoms with van der Waals surface area (Å²) in [5.74, 6) is -0.156. The minimum absolute atomic E-state index is 0.0196. The van der Waals surface area contributed by atoms with Crippen molar-refractivity contribution in [3.05, 3.63) is 53.8 Å². The van der Waals surface area contributed by atoms with Crippen molar-refractivity contribution < 1.29 is 18.7 Å². The van der Waals surface area contributed by atoms with Crippen LogP contribution in [0.25, 0.3) is 10.2 Å². The maximum absolute atomic E-state index is 13.3. The molecule has 2 amide bonds. The summed E-state index contributed by atoms with van der Waals surface area (Å²) in [5.41, 5.74) is 1.06. The number of aromatic nitrogens is 1. The number of likely N-dealkylation sites (tertiary alicyclic amines) is 1. The largest absolute Gasteiger partial charge is 0.484 e. The molecule has 8 heteroatoms. The molecule has 162 valence electrons. The fraction of sp³-hybridized carbons (Fsp3) is 0.348. The van der Waals surface area contributed by atoms with Crippen LogP contribution in [0.15, 0.2) is 42.5 Å². The molecule has 2 heterocycles. The molecule has 0 bridgehead atoms. The molecule has 2 unspecified atom stereocenters. The summed E-state index contributed by atoms with van der Waals surface area (Å²) >= 11 is 1.21. The highest BCUT2D eigenvalue weighted by atomic mass is 32.1. The highest BCUT2D eigenvalue weighted by Gasteiger charge is 2.29. The lowest BCUT2D eigenvalue weighted by atomic mass is 9.97. The lowest BCUT2D eigenvalue weighted by Crippen LogP contribution is -2.49. The van der Waals surface area contributed by atoms with Crippen molar-refractivity contribution in [3.8, 4) is 5.75 Å². The molecule has 2 atom stereocenters. The average Bonchev–Trinajstić information content (AvgIpc) is 3.13. The van der Waals surface area contributed by atoms with Gasteiger partial charge in [-0.2, -0.15) is 0 Å². The molecule has 1 N–H and O–H groups in total. The van der Waals surface area contributed by atoms with Gasteiger partial charge in [0.15, 0.2) is 11.7 Å². The van der Waals surface area contributed by atoms with Crippen molar-refractivity contribution in [2.75, 3.05) is 11.9 Å². The van der Waals surface area contributed by atoms with E-state index in [1.54, 1.807) is 30.3 Å². The number of carbonyl (C=O) groups is 2. The van der Waals surface area contributed by atoms with Crippen molar-refractivity contribution in [1.29, 1.82) is 0 Å². The number of amides is 2. The molecule has 0 saturated carbocycles. The van der Waals surface area contributed by atoms with E-state index < -0.39 is 0 Å². The second-order valence-electron chi connectivity index (χ2n) is 7.83. The van der Waals surface area contributed by atoms with Crippen molar-refractivity contribution >= 4 is 38.5 Å². The van der Waals surface area contributed by atoms with Gasteiger partial charge in [-0.15, -0.1) is 0 Å². The topological polar surface area (TPSA) is 71.5 Å². The Kier molecular flexibility index (Phi) is 6.18. The van der Waals surface area contributed by atoms with Crippen molar-refractivity contribution in [3.63, 3.8) is 0 Å². The van der Waals surface area contributed by atoms with Crippen LogP contribution in [0.5, 0.6) is 5.75 Å². The third-order valence-corrected chi connectivity index (χ3v) is 6.46. The molecule has 1 aromatic heterocycles. The Morgan fingerprint density at radius 2 is 1.87 bits per heavy atom. The minimum atomic E-state index is -0.340. The van der Waals surface area contributed by atoms with Gasteiger partial charge in [-0.1, -0.05) is 11.3 Å². The first kappa shape index (κ1) is 21.2. The van der Waals surface area contributed by atoms with Crippen LogP contribution in [0.1, 0.15) is 43.5 Å². The van der Waals surface area contributed by atoms with Crippen LogP contribution in [0.3, 0.4) is 0 Å². The van der Waals surface area contributed by atoms with Crippen molar-refractivity contribution in [1.82, 2.24) is 9.88 Å². The van der Waals surface area contributed by atoms with E-state index in [-0.39, 0.29) is 36.3 Å². The first-order chi connectivity index (χ1) is 14.9. The molecular weight excluding hydrogens is 417 g/mol. The predicted octanol–water partition coefficient (Wildman–Crippen LogP) is 4.86. The monoisotopic (exact) mass is 441 g/mol. The van der Waals surface area contributed by atoms with Crippen LogP contribution in [-0.2, 0) is 4.79 Å². The standard InChI is InChI=1S/C23H24FN3O3S/c1-14-4-3-5-15(2)27(14)21(28)13-30-18-9-6-16(7-10-18)22(29)26-23-25-19-11-8-17(24)12-20(19)31-23/h6-12,14-15H,3-5,13H2,1-2H3,(H,25,26,29). The lowest BCUT2D eigenvalue weighted by molar-refractivity contribution is -0.139. The van der Waals surface area contributed by atoms with E-state index in [1.165, 1.54) is 23.5 Å². The number of thiazole rings is 1. The molecule has 4 rings (SSSR count). The predicted molar refractivity (Wildman–Crippen MR) is 119 cm³/mol. The molecule has 0 spiro atoms. The molecule has 1 saturated heterocycles. The van der Waals surface area contributed by atoms with Crippen molar-refractivity contribution in [2.45, 2.75) is 45.2 Å². The zero-order valence-corrected chi connectivity index (χ0v) is 18.2. The number of anilines is 1. The zero-order valence-electron chi connectivity index (χ0n) is 17.4. The fourth-order valence-corrected chi connectivity index (χ4v) is 4.84. The number of halogens is 1. The van der Waals surface area contributed by atoms with E-state index in [1.807, 2.05) is 4.90 Å². The number of nitrogens with one attached hydrogen (secondary N) is 1. The number of benzene rings is 2. The molecular formula is C23H24FN3O3S. The van der Waals surface area contributed by atoms with Gasteiger partial charge in [0.05, 0.1) is 10.2 Å². The number of piperidine rings is 1. The summed E-state index contributed by atoms with van der Waals surface area (Å²) in [6.07, 6.45) is 3.18.